The summed E-state index contributed by atoms with van der Waals surface area (Å²) in [5, 5.41) is 6.28. The van der Waals surface area contributed by atoms with Crippen molar-refractivity contribution >= 4 is 40.7 Å². The molecule has 2 heterocycles. The van der Waals surface area contributed by atoms with Gasteiger partial charge in [-0.1, -0.05) is 46.9 Å². The molecule has 0 spiro atoms. The Morgan fingerprint density at radius 2 is 1.68 bits per heavy atom. The van der Waals surface area contributed by atoms with Crippen LogP contribution in [0.25, 0.3) is 0 Å². The summed E-state index contributed by atoms with van der Waals surface area (Å²) in [7, 11) is 0. The van der Waals surface area contributed by atoms with Gasteiger partial charge in [0.05, 0.1) is 0 Å². The van der Waals surface area contributed by atoms with Crippen molar-refractivity contribution in [2.45, 2.75) is 13.3 Å². The van der Waals surface area contributed by atoms with Gasteiger partial charge in [0.1, 0.15) is 5.75 Å². The molecular weight excluding hydrogens is 459 g/mol. The fourth-order valence-electron chi connectivity index (χ4n) is 3.42. The number of hydrogen-bond donors (Lipinski definition) is 0. The van der Waals surface area contributed by atoms with Crippen LogP contribution in [0.5, 0.6) is 5.75 Å². The van der Waals surface area contributed by atoms with Crippen LogP contribution in [-0.2, 0) is 13.3 Å². The molecule has 2 aromatic carbocycles. The number of ether oxygens (including phenoxy) is 1. The molecule has 4 rings (SSSR count). The van der Waals surface area contributed by atoms with Crippen LogP contribution in [0, 0.1) is 0 Å². The molecule has 3 aromatic rings. The third kappa shape index (κ3) is 5.52. The molecule has 0 aliphatic carbocycles. The van der Waals surface area contributed by atoms with Crippen molar-refractivity contribution in [1.82, 2.24) is 19.6 Å². The molecule has 1 amide bonds. The van der Waals surface area contributed by atoms with Crippen LogP contribution in [0.15, 0.2) is 54.7 Å². The second-order valence-electron chi connectivity index (χ2n) is 7.24. The van der Waals surface area contributed by atoms with Gasteiger partial charge in [-0.05, 0) is 36.4 Å². The monoisotopic (exact) mass is 478 g/mol. The molecule has 0 unspecified atom stereocenters. The number of hydrogen-bond acceptors (Lipinski definition) is 4. The fraction of sp³-hybridized carbons (Fsp3) is 0.273. The lowest BCUT2D eigenvalue weighted by Crippen LogP contribution is -2.48. The molecule has 1 aliphatic rings. The van der Waals surface area contributed by atoms with Crippen LogP contribution in [0.3, 0.4) is 0 Å². The van der Waals surface area contributed by atoms with E-state index in [4.69, 9.17) is 39.5 Å². The summed E-state index contributed by atoms with van der Waals surface area (Å²) < 4.78 is 7.25. The molecule has 0 saturated carbocycles. The molecule has 9 heteroatoms. The number of carbonyl (C=O) groups excluding carboxylic acids is 1. The average Bonchev–Trinajstić information content (AvgIpc) is 3.24. The van der Waals surface area contributed by atoms with Crippen LogP contribution >= 0.6 is 34.8 Å². The smallest absolute Gasteiger partial charge is 0.274 e. The maximum absolute atomic E-state index is 12.8. The van der Waals surface area contributed by atoms with E-state index in [0.29, 0.717) is 46.1 Å². The van der Waals surface area contributed by atoms with E-state index in [2.05, 4.69) is 10.00 Å². The highest BCUT2D eigenvalue weighted by Crippen LogP contribution is 2.26. The predicted molar refractivity (Wildman–Crippen MR) is 122 cm³/mol. The number of benzene rings is 2. The third-order valence-electron chi connectivity index (χ3n) is 5.12. The summed E-state index contributed by atoms with van der Waals surface area (Å²) in [6.45, 7) is 3.58. The van der Waals surface area contributed by atoms with E-state index in [1.54, 1.807) is 29.1 Å². The Labute approximate surface area is 195 Å². The summed E-state index contributed by atoms with van der Waals surface area (Å²) in [4.78, 5) is 16.9. The number of amides is 1. The standard InChI is InChI=1S/C22H21Cl3N4O2/c23-16-3-1-4-17(13-16)31-15-29-8-7-21(26-29)22(30)28-11-9-27(10-12-28)14-18-19(24)5-2-6-20(18)25/h1-8,13H,9-12,14-15H2. The molecule has 1 aromatic heterocycles. The molecule has 162 valence electrons. The summed E-state index contributed by atoms with van der Waals surface area (Å²) in [6.07, 6.45) is 1.73. The van der Waals surface area contributed by atoms with Gasteiger partial charge in [0.15, 0.2) is 12.4 Å². The van der Waals surface area contributed by atoms with E-state index in [-0.39, 0.29) is 12.6 Å². The van der Waals surface area contributed by atoms with Crippen molar-refractivity contribution in [3.63, 3.8) is 0 Å². The highest BCUT2D eigenvalue weighted by Gasteiger charge is 2.24. The van der Waals surface area contributed by atoms with Crippen LogP contribution < -0.4 is 4.74 Å². The SMILES string of the molecule is O=C(c1ccn(COc2cccc(Cl)c2)n1)N1CCN(Cc2c(Cl)cccc2Cl)CC1. The lowest BCUT2D eigenvalue weighted by molar-refractivity contribution is 0.0621. The second kappa shape index (κ2) is 9.92. The van der Waals surface area contributed by atoms with Gasteiger partial charge in [-0.25, -0.2) is 4.68 Å². The van der Waals surface area contributed by atoms with Crippen molar-refractivity contribution in [2.75, 3.05) is 26.2 Å². The highest BCUT2D eigenvalue weighted by atomic mass is 35.5. The number of nitrogens with zero attached hydrogens (tertiary/aromatic N) is 4. The van der Waals surface area contributed by atoms with E-state index in [1.807, 2.05) is 35.2 Å². The van der Waals surface area contributed by atoms with Crippen molar-refractivity contribution in [1.29, 1.82) is 0 Å². The molecule has 6 nitrogen and oxygen atoms in total. The molecule has 0 N–H and O–H groups in total. The van der Waals surface area contributed by atoms with Crippen molar-refractivity contribution in [3.8, 4) is 5.75 Å². The zero-order valence-corrected chi connectivity index (χ0v) is 18.9. The summed E-state index contributed by atoms with van der Waals surface area (Å²) in [6, 6.07) is 14.4. The summed E-state index contributed by atoms with van der Waals surface area (Å²) in [5.41, 5.74) is 1.32. The van der Waals surface area contributed by atoms with Crippen LogP contribution in [0.1, 0.15) is 16.1 Å². The lowest BCUT2D eigenvalue weighted by Gasteiger charge is -2.34. The number of halogens is 3. The van der Waals surface area contributed by atoms with Crippen LogP contribution in [0.4, 0.5) is 0 Å². The Balaban J connectivity index is 1.30. The van der Waals surface area contributed by atoms with Gasteiger partial charge in [-0.3, -0.25) is 9.69 Å². The first kappa shape index (κ1) is 22.0. The number of carbonyl (C=O) groups is 1. The van der Waals surface area contributed by atoms with Gasteiger partial charge >= 0.3 is 0 Å². The molecule has 0 atom stereocenters. The Hall–Kier alpha value is -2.25. The number of rotatable bonds is 6. The first-order chi connectivity index (χ1) is 15.0. The van der Waals surface area contributed by atoms with Crippen molar-refractivity contribution < 1.29 is 9.53 Å². The molecule has 0 radical (unpaired) electrons. The van der Waals surface area contributed by atoms with E-state index < -0.39 is 0 Å². The molecule has 1 saturated heterocycles. The van der Waals surface area contributed by atoms with Gasteiger partial charge in [-0.2, -0.15) is 5.10 Å². The minimum Gasteiger partial charge on any atom is -0.471 e. The molecule has 31 heavy (non-hydrogen) atoms. The highest BCUT2D eigenvalue weighted by molar-refractivity contribution is 6.36. The van der Waals surface area contributed by atoms with E-state index in [1.165, 1.54) is 0 Å². The molecule has 0 bridgehead atoms. The average molecular weight is 480 g/mol. The van der Waals surface area contributed by atoms with Gasteiger partial charge in [0, 0.05) is 59.6 Å². The quantitative estimate of drug-likeness (QED) is 0.508. The van der Waals surface area contributed by atoms with Crippen LogP contribution in [0.2, 0.25) is 15.1 Å². The maximum Gasteiger partial charge on any atom is 0.274 e. The number of piperazine rings is 1. The zero-order valence-electron chi connectivity index (χ0n) is 16.7. The van der Waals surface area contributed by atoms with Gasteiger partial charge in [0.25, 0.3) is 5.91 Å². The summed E-state index contributed by atoms with van der Waals surface area (Å²) in [5.74, 6) is 0.558. The molecule has 1 fully saturated rings. The van der Waals surface area contributed by atoms with E-state index in [0.717, 1.165) is 18.7 Å². The zero-order chi connectivity index (χ0) is 21.8. The fourth-order valence-corrected chi connectivity index (χ4v) is 4.12. The Bertz CT molecular complexity index is 1040. The maximum atomic E-state index is 12.8. The second-order valence-corrected chi connectivity index (χ2v) is 8.49. The largest absolute Gasteiger partial charge is 0.471 e. The van der Waals surface area contributed by atoms with Gasteiger partial charge in [0.2, 0.25) is 0 Å². The number of aromatic nitrogens is 2. The molecular formula is C22H21Cl3N4O2. The topological polar surface area (TPSA) is 50.6 Å². The van der Waals surface area contributed by atoms with E-state index >= 15 is 0 Å². The van der Waals surface area contributed by atoms with Gasteiger partial charge in [-0.15, -0.1) is 0 Å². The first-order valence-electron chi connectivity index (χ1n) is 9.86. The van der Waals surface area contributed by atoms with E-state index in [9.17, 15) is 4.79 Å². The van der Waals surface area contributed by atoms with Crippen molar-refractivity contribution in [3.05, 3.63) is 81.1 Å². The Morgan fingerprint density at radius 3 is 2.39 bits per heavy atom. The van der Waals surface area contributed by atoms with Crippen LogP contribution in [-0.4, -0.2) is 51.7 Å². The third-order valence-corrected chi connectivity index (χ3v) is 6.07. The summed E-state index contributed by atoms with van der Waals surface area (Å²) >= 11 is 18.5. The Morgan fingerprint density at radius 1 is 0.968 bits per heavy atom. The first-order valence-corrected chi connectivity index (χ1v) is 11.0. The van der Waals surface area contributed by atoms with Crippen molar-refractivity contribution in [2.24, 2.45) is 0 Å². The van der Waals surface area contributed by atoms with Gasteiger partial charge < -0.3 is 9.64 Å². The Kier molecular flexibility index (Phi) is 7.02. The minimum absolute atomic E-state index is 0.0862. The molecule has 1 aliphatic heterocycles. The lowest BCUT2D eigenvalue weighted by atomic mass is 10.2. The normalized spacial score (nSPS) is 14.6. The minimum atomic E-state index is -0.0862. The predicted octanol–water partition coefficient (Wildman–Crippen LogP) is 4.84.